The summed E-state index contributed by atoms with van der Waals surface area (Å²) in [6.07, 6.45) is 0. The van der Waals surface area contributed by atoms with Crippen molar-refractivity contribution in [2.45, 2.75) is 13.5 Å². The molecule has 1 aromatic heterocycles. The van der Waals surface area contributed by atoms with Gasteiger partial charge < -0.3 is 5.32 Å². The molecule has 24 heavy (non-hydrogen) atoms. The van der Waals surface area contributed by atoms with E-state index < -0.39 is 0 Å². The zero-order valence-corrected chi connectivity index (χ0v) is 16.2. The molecule has 0 unspecified atom stereocenters. The first-order valence-electron chi connectivity index (χ1n) is 8.14. The molecule has 0 saturated carbocycles. The van der Waals surface area contributed by atoms with Gasteiger partial charge in [0.05, 0.1) is 10.3 Å². The lowest BCUT2D eigenvalue weighted by molar-refractivity contribution is -0.117. The maximum absolute atomic E-state index is 12.2. The van der Waals surface area contributed by atoms with Crippen LogP contribution in [0.3, 0.4) is 0 Å². The number of rotatable bonds is 5. The molecule has 4 nitrogen and oxygen atoms in total. The fraction of sp³-hybridized carbons (Fsp3) is 0.389. The van der Waals surface area contributed by atoms with E-state index in [0.29, 0.717) is 6.54 Å². The molecule has 1 aliphatic rings. The molecule has 6 heteroatoms. The molecule has 3 rings (SSSR count). The Bertz CT molecular complexity index is 695. The lowest BCUT2D eigenvalue weighted by atomic mass is 10.2. The highest BCUT2D eigenvalue weighted by Gasteiger charge is 2.19. The fourth-order valence-corrected chi connectivity index (χ4v) is 4.41. The van der Waals surface area contributed by atoms with E-state index in [4.69, 9.17) is 0 Å². The molecule has 1 N–H and O–H groups in total. The number of hydrogen-bond donors (Lipinski definition) is 1. The number of anilines is 1. The molecule has 2 aromatic rings. The highest BCUT2D eigenvalue weighted by Crippen LogP contribution is 2.23. The SMILES string of the molecule is Cc1cccc(NC(=O)CN2CCN(Cc3ccc(Br)s3)CC2)c1. The van der Waals surface area contributed by atoms with Gasteiger partial charge in [-0.2, -0.15) is 0 Å². The van der Waals surface area contributed by atoms with Crippen LogP contribution < -0.4 is 5.32 Å². The highest BCUT2D eigenvalue weighted by atomic mass is 79.9. The van der Waals surface area contributed by atoms with Gasteiger partial charge in [-0.05, 0) is 52.7 Å². The zero-order chi connectivity index (χ0) is 16.9. The molecular weight excluding hydrogens is 386 g/mol. The molecular formula is C18H22BrN3OS. The van der Waals surface area contributed by atoms with Crippen LogP contribution in [-0.2, 0) is 11.3 Å². The minimum absolute atomic E-state index is 0.0660. The van der Waals surface area contributed by atoms with E-state index >= 15 is 0 Å². The summed E-state index contributed by atoms with van der Waals surface area (Å²) in [6, 6.07) is 12.2. The molecule has 1 amide bonds. The Morgan fingerprint density at radius 2 is 1.92 bits per heavy atom. The van der Waals surface area contributed by atoms with E-state index in [-0.39, 0.29) is 5.91 Å². The number of carbonyl (C=O) groups excluding carboxylic acids is 1. The monoisotopic (exact) mass is 407 g/mol. The number of piperazine rings is 1. The third-order valence-electron chi connectivity index (χ3n) is 4.14. The van der Waals surface area contributed by atoms with Crippen LogP contribution in [0, 0.1) is 6.92 Å². The molecule has 1 saturated heterocycles. The second kappa shape index (κ2) is 8.25. The average Bonchev–Trinajstić information content (AvgIpc) is 2.94. The lowest BCUT2D eigenvalue weighted by Crippen LogP contribution is -2.48. The van der Waals surface area contributed by atoms with Crippen molar-refractivity contribution in [3.05, 3.63) is 50.6 Å². The van der Waals surface area contributed by atoms with Crippen LogP contribution in [0.5, 0.6) is 0 Å². The van der Waals surface area contributed by atoms with Crippen molar-refractivity contribution >= 4 is 38.9 Å². The second-order valence-corrected chi connectivity index (χ2v) is 8.72. The summed E-state index contributed by atoms with van der Waals surface area (Å²) in [5.74, 6) is 0.0660. The van der Waals surface area contributed by atoms with E-state index in [1.165, 1.54) is 8.66 Å². The molecule has 1 aromatic carbocycles. The Balaban J connectivity index is 1.42. The summed E-state index contributed by atoms with van der Waals surface area (Å²) < 4.78 is 1.18. The highest BCUT2D eigenvalue weighted by molar-refractivity contribution is 9.11. The van der Waals surface area contributed by atoms with Gasteiger partial charge in [-0.15, -0.1) is 11.3 Å². The molecule has 0 aliphatic carbocycles. The fourth-order valence-electron chi connectivity index (χ4n) is 2.89. The van der Waals surface area contributed by atoms with Crippen molar-refractivity contribution in [2.75, 3.05) is 38.0 Å². The molecule has 2 heterocycles. The van der Waals surface area contributed by atoms with E-state index in [9.17, 15) is 4.79 Å². The van der Waals surface area contributed by atoms with E-state index in [1.807, 2.05) is 31.2 Å². The van der Waals surface area contributed by atoms with Crippen molar-refractivity contribution in [1.29, 1.82) is 0 Å². The van der Waals surface area contributed by atoms with Crippen LogP contribution in [-0.4, -0.2) is 48.4 Å². The number of halogens is 1. The van der Waals surface area contributed by atoms with Gasteiger partial charge in [0.15, 0.2) is 0 Å². The third-order valence-corrected chi connectivity index (χ3v) is 5.75. The van der Waals surface area contributed by atoms with Gasteiger partial charge in [0.25, 0.3) is 0 Å². The summed E-state index contributed by atoms with van der Waals surface area (Å²) in [5.41, 5.74) is 2.03. The van der Waals surface area contributed by atoms with Crippen molar-refractivity contribution in [3.8, 4) is 0 Å². The summed E-state index contributed by atoms with van der Waals surface area (Å²) >= 11 is 5.31. The summed E-state index contributed by atoms with van der Waals surface area (Å²) in [4.78, 5) is 18.3. The topological polar surface area (TPSA) is 35.6 Å². The summed E-state index contributed by atoms with van der Waals surface area (Å²) in [6.45, 7) is 7.38. The Labute approximate surface area is 155 Å². The maximum Gasteiger partial charge on any atom is 0.238 e. The molecule has 1 aliphatic heterocycles. The Hall–Kier alpha value is -1.21. The van der Waals surface area contributed by atoms with Gasteiger partial charge >= 0.3 is 0 Å². The van der Waals surface area contributed by atoms with Crippen molar-refractivity contribution < 1.29 is 4.79 Å². The third kappa shape index (κ3) is 5.14. The van der Waals surface area contributed by atoms with Crippen LogP contribution >= 0.6 is 27.3 Å². The predicted molar refractivity (Wildman–Crippen MR) is 104 cm³/mol. The number of carbonyl (C=O) groups is 1. The molecule has 1 fully saturated rings. The van der Waals surface area contributed by atoms with E-state index in [1.54, 1.807) is 11.3 Å². The van der Waals surface area contributed by atoms with Crippen molar-refractivity contribution in [1.82, 2.24) is 9.80 Å². The zero-order valence-electron chi connectivity index (χ0n) is 13.8. The molecule has 128 valence electrons. The minimum atomic E-state index is 0.0660. The first-order chi connectivity index (χ1) is 11.6. The standard InChI is InChI=1S/C18H22BrN3OS/c1-14-3-2-4-15(11-14)20-18(23)13-22-9-7-21(8-10-22)12-16-5-6-17(19)24-16/h2-6,11H,7-10,12-13H2,1H3,(H,20,23). The summed E-state index contributed by atoms with van der Waals surface area (Å²) in [5, 5.41) is 2.99. The number of amides is 1. The second-order valence-electron chi connectivity index (χ2n) is 6.18. The molecule has 0 bridgehead atoms. The number of hydrogen-bond acceptors (Lipinski definition) is 4. The van der Waals surface area contributed by atoms with E-state index in [2.05, 4.69) is 43.2 Å². The number of nitrogens with one attached hydrogen (secondary N) is 1. The average molecular weight is 408 g/mol. The smallest absolute Gasteiger partial charge is 0.238 e. The van der Waals surface area contributed by atoms with E-state index in [0.717, 1.165) is 44.0 Å². The molecule has 0 spiro atoms. The Kier molecular flexibility index (Phi) is 6.05. The Morgan fingerprint density at radius 1 is 1.17 bits per heavy atom. The normalized spacial score (nSPS) is 16.2. The van der Waals surface area contributed by atoms with Gasteiger partial charge in [0.2, 0.25) is 5.91 Å². The van der Waals surface area contributed by atoms with Gasteiger partial charge in [-0.25, -0.2) is 0 Å². The van der Waals surface area contributed by atoms with Crippen molar-refractivity contribution in [2.24, 2.45) is 0 Å². The lowest BCUT2D eigenvalue weighted by Gasteiger charge is -2.34. The molecule has 0 radical (unpaired) electrons. The number of benzene rings is 1. The minimum Gasteiger partial charge on any atom is -0.325 e. The number of thiophene rings is 1. The first kappa shape index (κ1) is 17.6. The van der Waals surface area contributed by atoms with Crippen molar-refractivity contribution in [3.63, 3.8) is 0 Å². The van der Waals surface area contributed by atoms with Gasteiger partial charge in [-0.1, -0.05) is 12.1 Å². The largest absolute Gasteiger partial charge is 0.325 e. The Morgan fingerprint density at radius 3 is 2.58 bits per heavy atom. The number of nitrogens with zero attached hydrogens (tertiary/aromatic N) is 2. The predicted octanol–water partition coefficient (Wildman–Crippen LogP) is 3.58. The van der Waals surface area contributed by atoms with Crippen LogP contribution in [0.4, 0.5) is 5.69 Å². The number of aryl methyl sites for hydroxylation is 1. The van der Waals surface area contributed by atoms with Gasteiger partial charge in [0.1, 0.15) is 0 Å². The van der Waals surface area contributed by atoms with Gasteiger partial charge in [-0.3, -0.25) is 14.6 Å². The first-order valence-corrected chi connectivity index (χ1v) is 9.75. The maximum atomic E-state index is 12.2. The van der Waals surface area contributed by atoms with Crippen LogP contribution in [0.1, 0.15) is 10.4 Å². The molecule has 0 atom stereocenters. The van der Waals surface area contributed by atoms with Crippen LogP contribution in [0.25, 0.3) is 0 Å². The summed E-state index contributed by atoms with van der Waals surface area (Å²) in [7, 11) is 0. The van der Waals surface area contributed by atoms with Crippen LogP contribution in [0.15, 0.2) is 40.2 Å². The van der Waals surface area contributed by atoms with Gasteiger partial charge in [0, 0.05) is 43.3 Å². The van der Waals surface area contributed by atoms with Crippen LogP contribution in [0.2, 0.25) is 0 Å². The quantitative estimate of drug-likeness (QED) is 0.822.